The minimum Gasteiger partial charge on any atom is -0.481 e. The number of halogens is 1. The number of hydrogen-bond acceptors (Lipinski definition) is 3. The second kappa shape index (κ2) is 6.61. The highest BCUT2D eigenvalue weighted by Crippen LogP contribution is 2.35. The average Bonchev–Trinajstić information content (AvgIpc) is 2.92. The predicted molar refractivity (Wildman–Crippen MR) is 90.3 cm³/mol. The van der Waals surface area contributed by atoms with Crippen LogP contribution >= 0.6 is 15.9 Å². The Bertz CT molecular complexity index is 616. The first kappa shape index (κ1) is 17.9. The molecule has 1 saturated heterocycles. The molecule has 0 aromatic heterocycles. The lowest BCUT2D eigenvalue weighted by Crippen LogP contribution is -2.45. The third-order valence-electron chi connectivity index (χ3n) is 4.60. The van der Waals surface area contributed by atoms with E-state index in [4.69, 9.17) is 4.74 Å². The van der Waals surface area contributed by atoms with Crippen LogP contribution in [0.5, 0.6) is 0 Å². The van der Waals surface area contributed by atoms with E-state index >= 15 is 0 Å². The fourth-order valence-corrected chi connectivity index (χ4v) is 3.47. The number of methoxy groups -OCH3 is 1. The summed E-state index contributed by atoms with van der Waals surface area (Å²) in [5.74, 6) is -0.968. The van der Waals surface area contributed by atoms with Crippen LogP contribution in [0.3, 0.4) is 0 Å². The molecule has 1 N–H and O–H groups in total. The topological polar surface area (TPSA) is 66.8 Å². The van der Waals surface area contributed by atoms with E-state index in [9.17, 15) is 14.7 Å². The van der Waals surface area contributed by atoms with Gasteiger partial charge in [-0.1, -0.05) is 28.1 Å². The lowest BCUT2D eigenvalue weighted by molar-refractivity contribution is -0.152. The Morgan fingerprint density at radius 3 is 2.70 bits per heavy atom. The third kappa shape index (κ3) is 3.43. The molecule has 0 radical (unpaired) electrons. The number of rotatable bonds is 5. The van der Waals surface area contributed by atoms with E-state index in [1.54, 1.807) is 4.90 Å². The smallest absolute Gasteiger partial charge is 0.313 e. The molecule has 5 nitrogen and oxygen atoms in total. The fourth-order valence-electron chi connectivity index (χ4n) is 3.07. The maximum absolute atomic E-state index is 13.0. The number of hydrogen-bond donors (Lipinski definition) is 1. The van der Waals surface area contributed by atoms with Gasteiger partial charge in [0.1, 0.15) is 5.41 Å². The van der Waals surface area contributed by atoms with Gasteiger partial charge < -0.3 is 14.7 Å². The molecule has 1 fully saturated rings. The molecule has 1 unspecified atom stereocenters. The first-order chi connectivity index (χ1) is 10.7. The maximum atomic E-state index is 13.0. The maximum Gasteiger partial charge on any atom is 0.313 e. The standard InChI is InChI=1S/C17H22BrNO4/c1-16(2,12-5-4-6-13(18)9-12)14(20)19-8-7-17(10-19,11-23-3)15(21)22/h4-6,9H,7-8,10-11H2,1-3H3,(H,21,22). The van der Waals surface area contributed by atoms with Crippen molar-refractivity contribution in [2.45, 2.75) is 25.7 Å². The van der Waals surface area contributed by atoms with Gasteiger partial charge in [-0.05, 0) is 38.0 Å². The van der Waals surface area contributed by atoms with E-state index in [1.165, 1.54) is 7.11 Å². The van der Waals surface area contributed by atoms with Crippen molar-refractivity contribution < 1.29 is 19.4 Å². The van der Waals surface area contributed by atoms with Crippen LogP contribution < -0.4 is 0 Å². The molecule has 1 aliphatic heterocycles. The van der Waals surface area contributed by atoms with E-state index in [0.29, 0.717) is 13.0 Å². The summed E-state index contributed by atoms with van der Waals surface area (Å²) in [7, 11) is 1.49. The Kier molecular flexibility index (Phi) is 5.16. The van der Waals surface area contributed by atoms with Gasteiger partial charge in [0.2, 0.25) is 5.91 Å². The molecular weight excluding hydrogens is 362 g/mol. The van der Waals surface area contributed by atoms with E-state index in [0.717, 1.165) is 10.0 Å². The summed E-state index contributed by atoms with van der Waals surface area (Å²) in [6.07, 6.45) is 0.413. The van der Waals surface area contributed by atoms with Crippen LogP contribution in [0.2, 0.25) is 0 Å². The van der Waals surface area contributed by atoms with Crippen molar-refractivity contribution in [2.75, 3.05) is 26.8 Å². The second-order valence-electron chi connectivity index (χ2n) is 6.63. The van der Waals surface area contributed by atoms with Gasteiger partial charge in [0.05, 0.1) is 12.0 Å². The van der Waals surface area contributed by atoms with Crippen molar-refractivity contribution >= 4 is 27.8 Å². The minimum absolute atomic E-state index is 0.0603. The second-order valence-corrected chi connectivity index (χ2v) is 7.55. The summed E-state index contributed by atoms with van der Waals surface area (Å²) in [6.45, 7) is 4.48. The summed E-state index contributed by atoms with van der Waals surface area (Å²) in [4.78, 5) is 26.2. The van der Waals surface area contributed by atoms with Crippen LogP contribution in [-0.2, 0) is 19.7 Å². The van der Waals surface area contributed by atoms with Crippen molar-refractivity contribution in [1.29, 1.82) is 0 Å². The van der Waals surface area contributed by atoms with Gasteiger partial charge in [0.15, 0.2) is 0 Å². The minimum atomic E-state index is -1.00. The fraction of sp³-hybridized carbons (Fsp3) is 0.529. The van der Waals surface area contributed by atoms with Crippen LogP contribution in [0.1, 0.15) is 25.8 Å². The van der Waals surface area contributed by atoms with Crippen molar-refractivity contribution in [1.82, 2.24) is 4.90 Å². The van der Waals surface area contributed by atoms with E-state index in [-0.39, 0.29) is 19.1 Å². The van der Waals surface area contributed by atoms with Gasteiger partial charge in [0.25, 0.3) is 0 Å². The van der Waals surface area contributed by atoms with Crippen LogP contribution in [0.15, 0.2) is 28.7 Å². The largest absolute Gasteiger partial charge is 0.481 e. The Balaban J connectivity index is 2.22. The van der Waals surface area contributed by atoms with E-state index in [2.05, 4.69) is 15.9 Å². The zero-order chi connectivity index (χ0) is 17.3. The molecule has 1 aromatic rings. The molecule has 0 spiro atoms. The van der Waals surface area contributed by atoms with E-state index in [1.807, 2.05) is 38.1 Å². The number of carbonyl (C=O) groups is 2. The normalized spacial score (nSPS) is 21.5. The molecule has 126 valence electrons. The highest BCUT2D eigenvalue weighted by molar-refractivity contribution is 9.10. The monoisotopic (exact) mass is 383 g/mol. The average molecular weight is 384 g/mol. The number of amides is 1. The number of carbonyl (C=O) groups excluding carboxylic acids is 1. The summed E-state index contributed by atoms with van der Waals surface area (Å²) in [6, 6.07) is 7.64. The lowest BCUT2D eigenvalue weighted by Gasteiger charge is -2.31. The van der Waals surface area contributed by atoms with Crippen molar-refractivity contribution in [3.05, 3.63) is 34.3 Å². The molecule has 1 amide bonds. The van der Waals surface area contributed by atoms with Gasteiger partial charge in [-0.3, -0.25) is 9.59 Å². The Morgan fingerprint density at radius 1 is 1.43 bits per heavy atom. The molecule has 0 saturated carbocycles. The van der Waals surface area contributed by atoms with Crippen molar-refractivity contribution in [3.63, 3.8) is 0 Å². The van der Waals surface area contributed by atoms with Gasteiger partial charge in [-0.2, -0.15) is 0 Å². The molecular formula is C17H22BrNO4. The molecule has 1 heterocycles. The number of likely N-dealkylation sites (tertiary alicyclic amines) is 1. The predicted octanol–water partition coefficient (Wildman–Crippen LogP) is 2.68. The molecule has 2 rings (SSSR count). The number of ether oxygens (including phenoxy) is 1. The number of carboxylic acids is 1. The molecule has 0 bridgehead atoms. The number of benzene rings is 1. The van der Waals surface area contributed by atoms with Crippen LogP contribution in [0, 0.1) is 5.41 Å². The lowest BCUT2D eigenvalue weighted by atomic mass is 9.83. The van der Waals surface area contributed by atoms with Gasteiger partial charge >= 0.3 is 5.97 Å². The zero-order valence-electron chi connectivity index (χ0n) is 13.6. The molecule has 23 heavy (non-hydrogen) atoms. The van der Waals surface area contributed by atoms with Crippen LogP contribution in [-0.4, -0.2) is 48.7 Å². The number of nitrogens with zero attached hydrogens (tertiary/aromatic N) is 1. The summed E-state index contributed by atoms with van der Waals surface area (Å²) < 4.78 is 5.99. The molecule has 1 aliphatic rings. The van der Waals surface area contributed by atoms with Crippen molar-refractivity contribution in [2.24, 2.45) is 5.41 Å². The van der Waals surface area contributed by atoms with Gasteiger partial charge in [-0.25, -0.2) is 0 Å². The number of aliphatic carboxylic acids is 1. The number of carboxylic acid groups (broad SMARTS) is 1. The van der Waals surface area contributed by atoms with Crippen molar-refractivity contribution in [3.8, 4) is 0 Å². The van der Waals surface area contributed by atoms with Crippen LogP contribution in [0.4, 0.5) is 0 Å². The highest BCUT2D eigenvalue weighted by atomic mass is 79.9. The van der Waals surface area contributed by atoms with Crippen LogP contribution in [0.25, 0.3) is 0 Å². The third-order valence-corrected chi connectivity index (χ3v) is 5.09. The summed E-state index contributed by atoms with van der Waals surface area (Å²) in [5.41, 5.74) is -0.820. The SMILES string of the molecule is COCC1(C(=O)O)CCN(C(=O)C(C)(C)c2cccc(Br)c2)C1. The van der Waals surface area contributed by atoms with Gasteiger partial charge in [0, 0.05) is 24.7 Å². The highest BCUT2D eigenvalue weighted by Gasteiger charge is 2.48. The zero-order valence-corrected chi connectivity index (χ0v) is 15.2. The quantitative estimate of drug-likeness (QED) is 0.848. The van der Waals surface area contributed by atoms with E-state index < -0.39 is 16.8 Å². The first-order valence-corrected chi connectivity index (χ1v) is 8.30. The first-order valence-electron chi connectivity index (χ1n) is 7.51. The molecule has 1 aromatic carbocycles. The molecule has 6 heteroatoms. The molecule has 1 atom stereocenters. The summed E-state index contributed by atoms with van der Waals surface area (Å²) in [5, 5.41) is 9.53. The Hall–Kier alpha value is -1.40. The van der Waals surface area contributed by atoms with Gasteiger partial charge in [-0.15, -0.1) is 0 Å². The Morgan fingerprint density at radius 2 is 2.13 bits per heavy atom. The molecule has 0 aliphatic carbocycles. The Labute approximate surface area is 144 Å². The summed E-state index contributed by atoms with van der Waals surface area (Å²) >= 11 is 3.43.